The van der Waals surface area contributed by atoms with Gasteiger partial charge >= 0.3 is 0 Å². The van der Waals surface area contributed by atoms with E-state index >= 15 is 0 Å². The van der Waals surface area contributed by atoms with Gasteiger partial charge in [-0.1, -0.05) is 11.6 Å². The lowest BCUT2D eigenvalue weighted by molar-refractivity contribution is -0.122. The van der Waals surface area contributed by atoms with Gasteiger partial charge in [0, 0.05) is 12.2 Å². The highest BCUT2D eigenvalue weighted by molar-refractivity contribution is 6.31. The first-order chi connectivity index (χ1) is 8.54. The van der Waals surface area contributed by atoms with Crippen LogP contribution >= 0.6 is 11.6 Å². The van der Waals surface area contributed by atoms with Crippen molar-refractivity contribution >= 4 is 17.5 Å². The van der Waals surface area contributed by atoms with Crippen LogP contribution in [0, 0.1) is 6.92 Å². The fraction of sp³-hybridized carbons (Fsp3) is 0.667. The van der Waals surface area contributed by atoms with Crippen molar-refractivity contribution in [3.63, 3.8) is 0 Å². The first-order valence-corrected chi connectivity index (χ1v) is 6.60. The predicted octanol–water partition coefficient (Wildman–Crippen LogP) is 1.06. The highest BCUT2D eigenvalue weighted by Crippen LogP contribution is 2.12. The van der Waals surface area contributed by atoms with E-state index in [1.807, 2.05) is 6.92 Å². The third-order valence-electron chi connectivity index (χ3n) is 3.28. The van der Waals surface area contributed by atoms with Crippen LogP contribution in [0.1, 0.15) is 18.5 Å². The second kappa shape index (κ2) is 5.71. The Hall–Kier alpha value is -1.07. The maximum absolute atomic E-state index is 11.9. The van der Waals surface area contributed by atoms with Crippen LogP contribution in [0.15, 0.2) is 6.20 Å². The van der Waals surface area contributed by atoms with Gasteiger partial charge in [-0.3, -0.25) is 9.48 Å². The van der Waals surface area contributed by atoms with Crippen LogP contribution in [0.4, 0.5) is 0 Å². The summed E-state index contributed by atoms with van der Waals surface area (Å²) in [6.07, 6.45) is 3.72. The smallest absolute Gasteiger partial charge is 0.241 e. The van der Waals surface area contributed by atoms with E-state index in [-0.39, 0.29) is 12.5 Å². The molecule has 18 heavy (non-hydrogen) atoms. The third-order valence-corrected chi connectivity index (χ3v) is 3.65. The number of hydrogen-bond acceptors (Lipinski definition) is 3. The minimum absolute atomic E-state index is 0.00344. The summed E-state index contributed by atoms with van der Waals surface area (Å²) >= 11 is 5.90. The molecule has 1 amide bonds. The molecule has 0 aliphatic carbocycles. The van der Waals surface area contributed by atoms with Crippen molar-refractivity contribution in [3.8, 4) is 0 Å². The summed E-state index contributed by atoms with van der Waals surface area (Å²) in [5.41, 5.74) is 0.753. The average molecular weight is 271 g/mol. The molecule has 0 radical (unpaired) electrons. The maximum atomic E-state index is 11.9. The molecule has 5 nitrogen and oxygen atoms in total. The van der Waals surface area contributed by atoms with Crippen LogP contribution in [0.5, 0.6) is 0 Å². The fourth-order valence-electron chi connectivity index (χ4n) is 2.15. The lowest BCUT2D eigenvalue weighted by Gasteiger charge is -2.29. The van der Waals surface area contributed by atoms with E-state index in [0.29, 0.717) is 11.1 Å². The van der Waals surface area contributed by atoms with E-state index in [1.165, 1.54) is 0 Å². The Balaban J connectivity index is 1.81. The van der Waals surface area contributed by atoms with Crippen LogP contribution in [-0.4, -0.2) is 46.8 Å². The minimum Gasteiger partial charge on any atom is -0.352 e. The zero-order chi connectivity index (χ0) is 13.1. The number of nitrogens with zero attached hydrogens (tertiary/aromatic N) is 3. The average Bonchev–Trinajstić information content (AvgIpc) is 2.61. The van der Waals surface area contributed by atoms with E-state index in [9.17, 15) is 4.79 Å². The molecule has 0 unspecified atom stereocenters. The number of hydrogen-bond donors (Lipinski definition) is 1. The highest BCUT2D eigenvalue weighted by Gasteiger charge is 2.18. The topological polar surface area (TPSA) is 50.2 Å². The molecule has 0 saturated carbocycles. The van der Waals surface area contributed by atoms with Gasteiger partial charge in [0.25, 0.3) is 0 Å². The number of likely N-dealkylation sites (tertiary alicyclic amines) is 1. The lowest BCUT2D eigenvalue weighted by atomic mass is 10.1. The standard InChI is InChI=1S/C12H19ClN4O/c1-9-11(13)7-17(15-9)8-12(18)14-10-3-5-16(2)6-4-10/h7,10H,3-6,8H2,1-2H3,(H,14,18). The fourth-order valence-corrected chi connectivity index (χ4v) is 2.30. The first-order valence-electron chi connectivity index (χ1n) is 6.22. The van der Waals surface area contributed by atoms with E-state index in [4.69, 9.17) is 11.6 Å². The van der Waals surface area contributed by atoms with E-state index in [1.54, 1.807) is 10.9 Å². The summed E-state index contributed by atoms with van der Waals surface area (Å²) < 4.78 is 1.59. The van der Waals surface area contributed by atoms with Crippen molar-refractivity contribution in [1.29, 1.82) is 0 Å². The molecule has 1 aromatic heterocycles. The van der Waals surface area contributed by atoms with Gasteiger partial charge in [-0.2, -0.15) is 5.10 Å². The van der Waals surface area contributed by atoms with Gasteiger partial charge in [0.1, 0.15) is 6.54 Å². The number of rotatable bonds is 3. The normalized spacial score (nSPS) is 17.9. The second-order valence-corrected chi connectivity index (χ2v) is 5.31. The molecule has 1 aromatic rings. The van der Waals surface area contributed by atoms with E-state index < -0.39 is 0 Å². The first kappa shape index (κ1) is 13.4. The van der Waals surface area contributed by atoms with Gasteiger partial charge in [0.05, 0.1) is 10.7 Å². The Labute approximate surface area is 112 Å². The number of carbonyl (C=O) groups excluding carboxylic acids is 1. The molecule has 1 aliphatic rings. The summed E-state index contributed by atoms with van der Waals surface area (Å²) in [7, 11) is 2.10. The molecule has 0 atom stereocenters. The van der Waals surface area contributed by atoms with Gasteiger partial charge in [0.2, 0.25) is 5.91 Å². The zero-order valence-corrected chi connectivity index (χ0v) is 11.6. The third kappa shape index (κ3) is 3.46. The summed E-state index contributed by atoms with van der Waals surface area (Å²) in [4.78, 5) is 14.1. The van der Waals surface area contributed by atoms with Crippen molar-refractivity contribution in [2.75, 3.05) is 20.1 Å². The molecule has 1 aliphatic heterocycles. The van der Waals surface area contributed by atoms with Crippen LogP contribution in [0.25, 0.3) is 0 Å². The maximum Gasteiger partial charge on any atom is 0.241 e. The van der Waals surface area contributed by atoms with Gasteiger partial charge in [-0.15, -0.1) is 0 Å². The molecule has 1 saturated heterocycles. The van der Waals surface area contributed by atoms with Gasteiger partial charge in [-0.05, 0) is 39.9 Å². The van der Waals surface area contributed by atoms with Crippen molar-refractivity contribution in [2.24, 2.45) is 0 Å². The molecule has 0 spiro atoms. The number of amides is 1. The Bertz CT molecular complexity index is 404. The van der Waals surface area contributed by atoms with Crippen molar-refractivity contribution in [1.82, 2.24) is 20.0 Å². The molecular weight excluding hydrogens is 252 g/mol. The Kier molecular flexibility index (Phi) is 4.24. The lowest BCUT2D eigenvalue weighted by Crippen LogP contribution is -2.44. The Morgan fingerprint density at radius 2 is 2.22 bits per heavy atom. The van der Waals surface area contributed by atoms with Crippen LogP contribution in [0.2, 0.25) is 5.02 Å². The summed E-state index contributed by atoms with van der Waals surface area (Å²) in [6, 6.07) is 0.292. The quantitative estimate of drug-likeness (QED) is 0.893. The molecule has 0 bridgehead atoms. The molecular formula is C12H19ClN4O. The van der Waals surface area contributed by atoms with Crippen LogP contribution in [0.3, 0.4) is 0 Å². The highest BCUT2D eigenvalue weighted by atomic mass is 35.5. The van der Waals surface area contributed by atoms with Crippen molar-refractivity contribution in [3.05, 3.63) is 16.9 Å². The van der Waals surface area contributed by atoms with E-state index in [2.05, 4.69) is 22.4 Å². The Morgan fingerprint density at radius 1 is 1.56 bits per heavy atom. The number of aryl methyl sites for hydroxylation is 1. The number of carbonyl (C=O) groups is 1. The van der Waals surface area contributed by atoms with Gasteiger partial charge in [0.15, 0.2) is 0 Å². The summed E-state index contributed by atoms with van der Waals surface area (Å²) in [5.74, 6) is 0.00344. The summed E-state index contributed by atoms with van der Waals surface area (Å²) in [6.45, 7) is 4.14. The molecule has 100 valence electrons. The summed E-state index contributed by atoms with van der Waals surface area (Å²) in [5, 5.41) is 7.82. The Morgan fingerprint density at radius 3 is 2.78 bits per heavy atom. The molecule has 2 rings (SSSR count). The molecule has 2 heterocycles. The van der Waals surface area contributed by atoms with Gasteiger partial charge < -0.3 is 10.2 Å². The van der Waals surface area contributed by atoms with Crippen molar-refractivity contribution in [2.45, 2.75) is 32.4 Å². The monoisotopic (exact) mass is 270 g/mol. The molecule has 1 fully saturated rings. The molecule has 1 N–H and O–H groups in total. The zero-order valence-electron chi connectivity index (χ0n) is 10.8. The second-order valence-electron chi connectivity index (χ2n) is 4.91. The van der Waals surface area contributed by atoms with Crippen LogP contribution < -0.4 is 5.32 Å². The molecule has 6 heteroatoms. The predicted molar refractivity (Wildman–Crippen MR) is 70.6 cm³/mol. The van der Waals surface area contributed by atoms with Crippen molar-refractivity contribution < 1.29 is 4.79 Å². The largest absolute Gasteiger partial charge is 0.352 e. The minimum atomic E-state index is 0.00344. The number of halogens is 1. The van der Waals surface area contributed by atoms with Crippen LogP contribution in [-0.2, 0) is 11.3 Å². The molecule has 0 aromatic carbocycles. The number of aromatic nitrogens is 2. The van der Waals surface area contributed by atoms with E-state index in [0.717, 1.165) is 31.6 Å². The number of piperidine rings is 1. The number of nitrogens with one attached hydrogen (secondary N) is 1. The SMILES string of the molecule is Cc1nn(CC(=O)NC2CCN(C)CC2)cc1Cl. The van der Waals surface area contributed by atoms with Gasteiger partial charge in [-0.25, -0.2) is 0 Å².